The van der Waals surface area contributed by atoms with Gasteiger partial charge in [0.05, 0.1) is 0 Å². The van der Waals surface area contributed by atoms with Gasteiger partial charge in [-0.2, -0.15) is 0 Å². The van der Waals surface area contributed by atoms with E-state index in [9.17, 15) is 4.79 Å². The molecule has 2 aromatic heterocycles. The Morgan fingerprint density at radius 3 is 1.32 bits per heavy atom. The molecule has 3 heteroatoms. The van der Waals surface area contributed by atoms with Crippen molar-refractivity contribution < 1.29 is 13.6 Å². The van der Waals surface area contributed by atoms with E-state index in [0.29, 0.717) is 12.8 Å². The van der Waals surface area contributed by atoms with Gasteiger partial charge in [-0.15, -0.1) is 0 Å². The van der Waals surface area contributed by atoms with E-state index in [1.807, 2.05) is 27.7 Å². The van der Waals surface area contributed by atoms with Crippen molar-refractivity contribution in [1.29, 1.82) is 0 Å². The zero-order valence-corrected chi connectivity index (χ0v) is 19.1. The molecular formula is C25H38O3. The fourth-order valence-electron chi connectivity index (χ4n) is 4.38. The lowest BCUT2D eigenvalue weighted by Crippen LogP contribution is -2.39. The molecular weight excluding hydrogens is 348 g/mol. The normalized spacial score (nSPS) is 12.6. The van der Waals surface area contributed by atoms with Gasteiger partial charge >= 0.3 is 0 Å². The molecule has 0 radical (unpaired) electrons. The molecule has 0 saturated heterocycles. The van der Waals surface area contributed by atoms with Crippen molar-refractivity contribution in [3.8, 4) is 0 Å². The molecule has 28 heavy (non-hydrogen) atoms. The van der Waals surface area contributed by atoms with Crippen LogP contribution in [0.1, 0.15) is 89.6 Å². The first-order valence-corrected chi connectivity index (χ1v) is 10.8. The minimum Gasteiger partial charge on any atom is -0.466 e. The molecule has 0 aliphatic rings. The van der Waals surface area contributed by atoms with Crippen LogP contribution in [0.25, 0.3) is 0 Å². The molecule has 2 rings (SSSR count). The fraction of sp³-hybridized carbons (Fsp3) is 0.640. The Kier molecular flexibility index (Phi) is 7.01. The van der Waals surface area contributed by atoms with Gasteiger partial charge in [0.15, 0.2) is 0 Å². The third-order valence-electron chi connectivity index (χ3n) is 5.76. The van der Waals surface area contributed by atoms with Gasteiger partial charge in [-0.05, 0) is 36.1 Å². The third kappa shape index (κ3) is 4.79. The highest BCUT2D eigenvalue weighted by Crippen LogP contribution is 2.36. The van der Waals surface area contributed by atoms with E-state index >= 15 is 0 Å². The van der Waals surface area contributed by atoms with E-state index in [1.165, 1.54) is 11.1 Å². The predicted molar refractivity (Wildman–Crippen MR) is 115 cm³/mol. The zero-order chi connectivity index (χ0) is 21.1. The van der Waals surface area contributed by atoms with Gasteiger partial charge in [-0.1, -0.05) is 55.4 Å². The summed E-state index contributed by atoms with van der Waals surface area (Å²) in [6.45, 7) is 16.7. The number of carbonyl (C=O) groups excluding carboxylic acids is 1. The van der Waals surface area contributed by atoms with Crippen LogP contribution in [0.15, 0.2) is 21.0 Å². The van der Waals surface area contributed by atoms with E-state index in [1.54, 1.807) is 0 Å². The summed E-state index contributed by atoms with van der Waals surface area (Å²) in [4.78, 5) is 13.5. The Labute approximate surface area is 170 Å². The van der Waals surface area contributed by atoms with Crippen molar-refractivity contribution in [3.63, 3.8) is 0 Å². The highest BCUT2D eigenvalue weighted by atomic mass is 16.3. The SMILES string of the molecule is CCc1cc(CC(C)(C)C(=O)C(C)(C)Cc2cc(CC)c(CC)o2)oc1CC. The monoisotopic (exact) mass is 386 g/mol. The maximum Gasteiger partial charge on any atom is 0.144 e. The second kappa shape index (κ2) is 8.71. The second-order valence-electron chi connectivity index (χ2n) is 9.19. The summed E-state index contributed by atoms with van der Waals surface area (Å²) in [6.07, 6.45) is 4.96. The molecule has 0 aliphatic heterocycles. The zero-order valence-electron chi connectivity index (χ0n) is 19.1. The maximum atomic E-state index is 13.5. The average Bonchev–Trinajstić information content (AvgIpc) is 3.22. The molecule has 0 saturated carbocycles. The molecule has 0 unspecified atom stereocenters. The van der Waals surface area contributed by atoms with Gasteiger partial charge in [0.25, 0.3) is 0 Å². The highest BCUT2D eigenvalue weighted by molar-refractivity contribution is 5.89. The van der Waals surface area contributed by atoms with Crippen LogP contribution in [0.5, 0.6) is 0 Å². The quantitative estimate of drug-likeness (QED) is 0.466. The lowest BCUT2D eigenvalue weighted by molar-refractivity contribution is -0.136. The van der Waals surface area contributed by atoms with Crippen molar-refractivity contribution in [2.24, 2.45) is 10.8 Å². The third-order valence-corrected chi connectivity index (χ3v) is 5.76. The van der Waals surface area contributed by atoms with Crippen LogP contribution >= 0.6 is 0 Å². The van der Waals surface area contributed by atoms with Crippen LogP contribution in [-0.4, -0.2) is 5.78 Å². The number of rotatable bonds is 10. The summed E-state index contributed by atoms with van der Waals surface area (Å²) in [6, 6.07) is 4.27. The molecule has 0 spiro atoms. The van der Waals surface area contributed by atoms with Gasteiger partial charge in [-0.3, -0.25) is 4.79 Å². The lowest BCUT2D eigenvalue weighted by Gasteiger charge is -2.32. The number of furan rings is 2. The minimum absolute atomic E-state index is 0.250. The molecule has 0 aliphatic carbocycles. The van der Waals surface area contributed by atoms with Crippen LogP contribution in [-0.2, 0) is 43.3 Å². The maximum absolute atomic E-state index is 13.5. The van der Waals surface area contributed by atoms with Crippen LogP contribution in [0, 0.1) is 10.8 Å². The second-order valence-corrected chi connectivity index (χ2v) is 9.19. The molecule has 0 bridgehead atoms. The molecule has 0 fully saturated rings. The Morgan fingerprint density at radius 1 is 0.714 bits per heavy atom. The van der Waals surface area contributed by atoms with E-state index < -0.39 is 10.8 Å². The van der Waals surface area contributed by atoms with Crippen LogP contribution in [0.2, 0.25) is 0 Å². The van der Waals surface area contributed by atoms with Crippen LogP contribution < -0.4 is 0 Å². The van der Waals surface area contributed by atoms with Gasteiger partial charge in [0, 0.05) is 36.5 Å². The molecule has 0 amide bonds. The van der Waals surface area contributed by atoms with E-state index in [2.05, 4.69) is 39.8 Å². The topological polar surface area (TPSA) is 43.4 Å². The van der Waals surface area contributed by atoms with E-state index in [4.69, 9.17) is 8.83 Å². The van der Waals surface area contributed by atoms with Gasteiger partial charge in [0.2, 0.25) is 0 Å². The lowest BCUT2D eigenvalue weighted by atomic mass is 9.70. The summed E-state index contributed by atoms with van der Waals surface area (Å²) in [5, 5.41) is 0. The summed E-state index contributed by atoms with van der Waals surface area (Å²) < 4.78 is 12.1. The molecule has 3 nitrogen and oxygen atoms in total. The van der Waals surface area contributed by atoms with Crippen molar-refractivity contribution in [2.45, 2.75) is 93.9 Å². The number of carbonyl (C=O) groups is 1. The van der Waals surface area contributed by atoms with Crippen molar-refractivity contribution in [1.82, 2.24) is 0 Å². The van der Waals surface area contributed by atoms with E-state index in [-0.39, 0.29) is 5.78 Å². The smallest absolute Gasteiger partial charge is 0.144 e. The number of hydrogen-bond donors (Lipinski definition) is 0. The summed E-state index contributed by atoms with van der Waals surface area (Å²) >= 11 is 0. The Hall–Kier alpha value is -1.77. The standard InChI is InChI=1S/C25H38O3/c1-9-17-13-19(27-21(17)11-3)15-24(5,6)23(26)25(7,8)16-20-14-18(10-2)22(12-4)28-20/h13-14H,9-12,15-16H2,1-8H3. The Morgan fingerprint density at radius 2 is 1.07 bits per heavy atom. The summed E-state index contributed by atoms with van der Waals surface area (Å²) in [5.74, 6) is 4.19. The van der Waals surface area contributed by atoms with Crippen molar-refractivity contribution in [3.05, 3.63) is 46.3 Å². The molecule has 0 N–H and O–H groups in total. The minimum atomic E-state index is -0.495. The summed E-state index contributed by atoms with van der Waals surface area (Å²) in [7, 11) is 0. The number of ketones is 1. The van der Waals surface area contributed by atoms with Gasteiger partial charge < -0.3 is 8.83 Å². The molecule has 2 heterocycles. The first-order valence-electron chi connectivity index (χ1n) is 10.8. The van der Waals surface area contributed by atoms with Crippen molar-refractivity contribution >= 4 is 5.78 Å². The Balaban J connectivity index is 2.19. The largest absolute Gasteiger partial charge is 0.466 e. The molecule has 0 aromatic carbocycles. The number of hydrogen-bond acceptors (Lipinski definition) is 3. The van der Waals surface area contributed by atoms with Crippen molar-refractivity contribution in [2.75, 3.05) is 0 Å². The fourth-order valence-corrected chi connectivity index (χ4v) is 4.38. The average molecular weight is 387 g/mol. The van der Waals surface area contributed by atoms with Crippen LogP contribution in [0.4, 0.5) is 0 Å². The number of aryl methyl sites for hydroxylation is 4. The number of Topliss-reactive ketones (excluding diaryl/α,β-unsaturated/α-hetero) is 1. The predicted octanol–water partition coefficient (Wildman–Crippen LogP) is 6.53. The molecule has 156 valence electrons. The molecule has 0 atom stereocenters. The van der Waals surface area contributed by atoms with E-state index in [0.717, 1.165) is 48.7 Å². The van der Waals surface area contributed by atoms with Crippen LogP contribution in [0.3, 0.4) is 0 Å². The first kappa shape index (κ1) is 22.5. The first-order chi connectivity index (χ1) is 13.1. The van der Waals surface area contributed by atoms with Gasteiger partial charge in [0.1, 0.15) is 28.8 Å². The van der Waals surface area contributed by atoms with Gasteiger partial charge in [-0.25, -0.2) is 0 Å². The highest BCUT2D eigenvalue weighted by Gasteiger charge is 2.40. The summed E-state index contributed by atoms with van der Waals surface area (Å²) in [5.41, 5.74) is 1.53. The Bertz CT molecular complexity index is 693. The molecule has 2 aromatic rings.